The van der Waals surface area contributed by atoms with E-state index in [9.17, 15) is 23.6 Å². The number of rotatable bonds is 10. The van der Waals surface area contributed by atoms with Crippen LogP contribution in [0.4, 0.5) is 4.39 Å². The maximum absolute atomic E-state index is 14.9. The molecule has 0 saturated carbocycles. The lowest BCUT2D eigenvalue weighted by Crippen LogP contribution is -2.10. The predicted molar refractivity (Wildman–Crippen MR) is 141 cm³/mol. The first-order chi connectivity index (χ1) is 18.7. The van der Waals surface area contributed by atoms with E-state index >= 15 is 0 Å². The van der Waals surface area contributed by atoms with Gasteiger partial charge in [-0.1, -0.05) is 56.6 Å². The highest BCUT2D eigenvalue weighted by Gasteiger charge is 2.19. The molecule has 0 fully saturated rings. The topological polar surface area (TPSA) is 105 Å². The first kappa shape index (κ1) is 28.0. The van der Waals surface area contributed by atoms with Crippen molar-refractivity contribution in [3.63, 3.8) is 0 Å². The summed E-state index contributed by atoms with van der Waals surface area (Å²) >= 11 is 0. The summed E-state index contributed by atoms with van der Waals surface area (Å²) < 4.78 is 35.2. The minimum absolute atomic E-state index is 0.00444. The van der Waals surface area contributed by atoms with Gasteiger partial charge in [-0.15, -0.1) is 0 Å². The average molecular weight is 528 g/mol. The maximum atomic E-state index is 14.9. The van der Waals surface area contributed by atoms with Crippen LogP contribution in [0.1, 0.15) is 0 Å². The number of carbonyl (C=O) groups excluding carboxylic acids is 4. The van der Waals surface area contributed by atoms with Crippen molar-refractivity contribution in [2.75, 3.05) is 0 Å². The van der Waals surface area contributed by atoms with E-state index < -0.39 is 35.4 Å². The van der Waals surface area contributed by atoms with E-state index in [1.807, 2.05) is 0 Å². The smallest absolute Gasteiger partial charge is 0.335 e. The Morgan fingerprint density at radius 1 is 0.513 bits per heavy atom. The Morgan fingerprint density at radius 2 is 0.923 bits per heavy atom. The van der Waals surface area contributed by atoms with Gasteiger partial charge in [0.05, 0.1) is 0 Å². The van der Waals surface area contributed by atoms with E-state index in [4.69, 9.17) is 18.9 Å². The van der Waals surface area contributed by atoms with E-state index in [1.54, 1.807) is 30.3 Å². The fourth-order valence-corrected chi connectivity index (χ4v) is 3.21. The van der Waals surface area contributed by atoms with Gasteiger partial charge in [-0.3, -0.25) is 0 Å². The molecular weight excluding hydrogens is 507 g/mol. The summed E-state index contributed by atoms with van der Waals surface area (Å²) in [5, 5.41) is 0. The van der Waals surface area contributed by atoms with Crippen LogP contribution in [0.2, 0.25) is 0 Å². The Hall–Kier alpha value is -5.57. The molecule has 196 valence electrons. The van der Waals surface area contributed by atoms with E-state index in [1.165, 1.54) is 18.2 Å². The van der Waals surface area contributed by atoms with Crippen molar-refractivity contribution in [3.8, 4) is 45.3 Å². The molecule has 0 aromatic heterocycles. The molecule has 3 aromatic rings. The molecule has 0 unspecified atom stereocenters. The van der Waals surface area contributed by atoms with Crippen molar-refractivity contribution in [2.24, 2.45) is 0 Å². The molecule has 0 heterocycles. The van der Waals surface area contributed by atoms with Crippen LogP contribution in [-0.2, 0) is 19.2 Å². The van der Waals surface area contributed by atoms with Gasteiger partial charge in [0, 0.05) is 24.3 Å². The van der Waals surface area contributed by atoms with E-state index in [0.717, 1.165) is 30.4 Å². The number of ether oxygens (including phenoxy) is 4. The molecule has 0 atom stereocenters. The highest BCUT2D eigenvalue weighted by molar-refractivity contribution is 5.88. The van der Waals surface area contributed by atoms with Crippen LogP contribution in [0.5, 0.6) is 23.0 Å². The third-order valence-electron chi connectivity index (χ3n) is 5.01. The predicted octanol–water partition coefficient (Wildman–Crippen LogP) is 5.53. The van der Waals surface area contributed by atoms with Gasteiger partial charge in [-0.2, -0.15) is 0 Å². The molecule has 0 spiro atoms. The van der Waals surface area contributed by atoms with Crippen LogP contribution in [-0.4, -0.2) is 23.9 Å². The van der Waals surface area contributed by atoms with Crippen molar-refractivity contribution in [1.29, 1.82) is 0 Å². The van der Waals surface area contributed by atoms with Crippen LogP contribution in [0, 0.1) is 5.82 Å². The van der Waals surface area contributed by atoms with Gasteiger partial charge in [-0.25, -0.2) is 23.6 Å². The maximum Gasteiger partial charge on any atom is 0.335 e. The monoisotopic (exact) mass is 528 g/mol. The number of benzene rings is 3. The molecular formula is C30H21FO8. The standard InChI is InChI=1S/C30H21FO8/c1-5-26(32)36-23-14-13-20(16-24(23)37-27(33)6-2)18-9-11-19(12-10-18)21-15-22(31)30(39-29(35)8-4)25(17-21)38-28(34)7-3/h5-17H,1-4H2. The fourth-order valence-electron chi connectivity index (χ4n) is 3.21. The molecule has 0 radical (unpaired) electrons. The molecule has 0 aliphatic carbocycles. The first-order valence-corrected chi connectivity index (χ1v) is 11.1. The molecule has 0 aliphatic heterocycles. The van der Waals surface area contributed by atoms with Gasteiger partial charge in [0.1, 0.15) is 0 Å². The van der Waals surface area contributed by atoms with Crippen molar-refractivity contribution < 1.29 is 42.5 Å². The van der Waals surface area contributed by atoms with Gasteiger partial charge >= 0.3 is 23.9 Å². The van der Waals surface area contributed by atoms with Gasteiger partial charge in [-0.05, 0) is 46.5 Å². The van der Waals surface area contributed by atoms with Gasteiger partial charge in [0.15, 0.2) is 23.1 Å². The molecule has 3 rings (SSSR count). The molecule has 0 saturated heterocycles. The lowest BCUT2D eigenvalue weighted by atomic mass is 9.99. The minimum Gasteiger partial charge on any atom is -0.419 e. The van der Waals surface area contributed by atoms with Crippen LogP contribution in [0.3, 0.4) is 0 Å². The zero-order chi connectivity index (χ0) is 28.5. The van der Waals surface area contributed by atoms with Gasteiger partial charge in [0.25, 0.3) is 0 Å². The van der Waals surface area contributed by atoms with E-state index in [-0.39, 0.29) is 17.2 Å². The molecule has 0 bridgehead atoms. The second-order valence-corrected chi connectivity index (χ2v) is 7.53. The SMILES string of the molecule is C=CC(=O)Oc1ccc(-c2ccc(-c3cc(F)c(OC(=O)C=C)c(OC(=O)C=C)c3)cc2)cc1OC(=O)C=C. The molecule has 39 heavy (non-hydrogen) atoms. The Kier molecular flexibility index (Phi) is 9.05. The van der Waals surface area contributed by atoms with E-state index in [2.05, 4.69) is 26.3 Å². The summed E-state index contributed by atoms with van der Waals surface area (Å²) in [4.78, 5) is 46.8. The largest absolute Gasteiger partial charge is 0.419 e. The molecule has 0 amide bonds. The van der Waals surface area contributed by atoms with Gasteiger partial charge < -0.3 is 18.9 Å². The Morgan fingerprint density at radius 3 is 1.46 bits per heavy atom. The highest BCUT2D eigenvalue weighted by Crippen LogP contribution is 2.38. The quantitative estimate of drug-likeness (QED) is 0.192. The molecule has 9 heteroatoms. The lowest BCUT2D eigenvalue weighted by molar-refractivity contribution is -0.131. The second kappa shape index (κ2) is 12.6. The van der Waals surface area contributed by atoms with Crippen LogP contribution in [0.25, 0.3) is 22.3 Å². The summed E-state index contributed by atoms with van der Waals surface area (Å²) in [6, 6.07) is 13.8. The molecule has 3 aromatic carbocycles. The Bertz CT molecular complexity index is 1500. The fraction of sp³-hybridized carbons (Fsp3) is 0. The summed E-state index contributed by atoms with van der Waals surface area (Å²) in [5.41, 5.74) is 2.12. The second-order valence-electron chi connectivity index (χ2n) is 7.53. The number of halogens is 1. The lowest BCUT2D eigenvalue weighted by Gasteiger charge is -2.13. The van der Waals surface area contributed by atoms with Crippen molar-refractivity contribution in [2.45, 2.75) is 0 Å². The average Bonchev–Trinajstić information content (AvgIpc) is 2.95. The number of carbonyl (C=O) groups is 4. The van der Waals surface area contributed by atoms with Crippen molar-refractivity contribution in [3.05, 3.63) is 111 Å². The zero-order valence-corrected chi connectivity index (χ0v) is 20.5. The molecule has 0 N–H and O–H groups in total. The number of hydrogen-bond donors (Lipinski definition) is 0. The van der Waals surface area contributed by atoms with Crippen molar-refractivity contribution in [1.82, 2.24) is 0 Å². The normalized spacial score (nSPS) is 9.97. The van der Waals surface area contributed by atoms with Crippen LogP contribution >= 0.6 is 0 Å². The summed E-state index contributed by atoms with van der Waals surface area (Å²) in [5.74, 6) is -5.17. The van der Waals surface area contributed by atoms with Gasteiger partial charge in [0.2, 0.25) is 5.75 Å². The summed E-state index contributed by atoms with van der Waals surface area (Å²) in [7, 11) is 0. The number of esters is 4. The molecule has 0 aliphatic rings. The highest BCUT2D eigenvalue weighted by atomic mass is 19.1. The molecule has 8 nitrogen and oxygen atoms in total. The Balaban J connectivity index is 1.99. The van der Waals surface area contributed by atoms with Crippen molar-refractivity contribution >= 4 is 23.9 Å². The summed E-state index contributed by atoms with van der Waals surface area (Å²) in [6.07, 6.45) is 3.64. The van der Waals surface area contributed by atoms with Crippen LogP contribution in [0.15, 0.2) is 105 Å². The Labute approximate surface area is 222 Å². The van der Waals surface area contributed by atoms with Crippen LogP contribution < -0.4 is 18.9 Å². The number of hydrogen-bond acceptors (Lipinski definition) is 8. The first-order valence-electron chi connectivity index (χ1n) is 11.1. The zero-order valence-electron chi connectivity index (χ0n) is 20.5. The minimum atomic E-state index is -0.947. The van der Waals surface area contributed by atoms with E-state index in [0.29, 0.717) is 22.3 Å². The third kappa shape index (κ3) is 7.01. The summed E-state index contributed by atoms with van der Waals surface area (Å²) in [6.45, 7) is 13.3. The third-order valence-corrected chi connectivity index (χ3v) is 5.01.